The van der Waals surface area contributed by atoms with Crippen molar-refractivity contribution in [3.05, 3.63) is 70.8 Å². The minimum atomic E-state index is -0.731. The first-order chi connectivity index (χ1) is 12.6. The van der Waals surface area contributed by atoms with Crippen molar-refractivity contribution in [1.29, 1.82) is 0 Å². The highest BCUT2D eigenvalue weighted by Crippen LogP contribution is 2.38. The van der Waals surface area contributed by atoms with Crippen molar-refractivity contribution >= 4 is 0 Å². The average molecular weight is 358 g/mol. The number of ether oxygens (including phenoxy) is 1. The Morgan fingerprint density at radius 3 is 2.12 bits per heavy atom. The summed E-state index contributed by atoms with van der Waals surface area (Å²) in [5.74, 6) is 0.339. The number of hydrogen-bond donors (Lipinski definition) is 0. The van der Waals surface area contributed by atoms with Crippen LogP contribution in [-0.4, -0.2) is 7.11 Å². The molecule has 0 amide bonds. The predicted octanol–water partition coefficient (Wildman–Crippen LogP) is 6.77. The highest BCUT2D eigenvalue weighted by Gasteiger charge is 2.24. The van der Waals surface area contributed by atoms with E-state index < -0.39 is 17.7 Å². The smallest absolute Gasteiger partial charge is 0.132 e. The predicted molar refractivity (Wildman–Crippen MR) is 101 cm³/mol. The van der Waals surface area contributed by atoms with Crippen molar-refractivity contribution in [1.82, 2.24) is 0 Å². The molecule has 140 valence electrons. The number of hydrogen-bond acceptors (Lipinski definition) is 1. The van der Waals surface area contributed by atoms with Crippen molar-refractivity contribution in [3.8, 4) is 0 Å². The molecule has 1 unspecified atom stereocenters. The van der Waals surface area contributed by atoms with Gasteiger partial charge in [0.2, 0.25) is 0 Å². The lowest BCUT2D eigenvalue weighted by atomic mass is 9.77. The molecule has 1 nitrogen and oxygen atoms in total. The third-order valence-electron chi connectivity index (χ3n) is 5.75. The molecule has 1 saturated carbocycles. The third-order valence-corrected chi connectivity index (χ3v) is 5.75. The Morgan fingerprint density at radius 1 is 0.962 bits per heavy atom. The van der Waals surface area contributed by atoms with Gasteiger partial charge in [-0.05, 0) is 60.8 Å². The third kappa shape index (κ3) is 4.15. The minimum absolute atomic E-state index is 0.0252. The van der Waals surface area contributed by atoms with Gasteiger partial charge in [0.05, 0.1) is 5.56 Å². The standard InChI is InChI=1S/C23H28F2O/c1-3-5-16-8-10-17(11-9-16)18-12-14-19(15-13-18)23(26-2)22-20(24)6-4-7-21(22)25/h4,6-7,12-17,23H,3,5,8-11H2,1-2H3/t16-,17-,23?. The second-order valence-corrected chi connectivity index (χ2v) is 7.42. The lowest BCUT2D eigenvalue weighted by Crippen LogP contribution is -2.13. The van der Waals surface area contributed by atoms with Gasteiger partial charge in [0, 0.05) is 7.11 Å². The number of halogens is 2. The maximum absolute atomic E-state index is 14.1. The molecule has 0 aromatic heterocycles. The maximum atomic E-state index is 14.1. The Morgan fingerprint density at radius 2 is 1.58 bits per heavy atom. The summed E-state index contributed by atoms with van der Waals surface area (Å²) in [5.41, 5.74) is 2.08. The molecule has 0 bridgehead atoms. The van der Waals surface area contributed by atoms with Crippen LogP contribution in [0.1, 0.15) is 74.2 Å². The molecule has 2 aromatic rings. The Kier molecular flexibility index (Phi) is 6.42. The normalized spacial score (nSPS) is 21.5. The molecule has 2 aromatic carbocycles. The summed E-state index contributed by atoms with van der Waals surface area (Å²) in [7, 11) is 1.49. The van der Waals surface area contributed by atoms with Crippen LogP contribution in [0.3, 0.4) is 0 Å². The van der Waals surface area contributed by atoms with Crippen LogP contribution in [0.4, 0.5) is 8.78 Å². The quantitative estimate of drug-likeness (QED) is 0.553. The van der Waals surface area contributed by atoms with E-state index in [0.717, 1.165) is 11.5 Å². The highest BCUT2D eigenvalue weighted by atomic mass is 19.1. The van der Waals surface area contributed by atoms with Crippen LogP contribution in [0.5, 0.6) is 0 Å². The zero-order valence-corrected chi connectivity index (χ0v) is 15.7. The van der Waals surface area contributed by atoms with E-state index in [0.29, 0.717) is 5.92 Å². The maximum Gasteiger partial charge on any atom is 0.132 e. The van der Waals surface area contributed by atoms with E-state index in [4.69, 9.17) is 4.74 Å². The molecule has 0 spiro atoms. The number of benzene rings is 2. The first-order valence-electron chi connectivity index (χ1n) is 9.70. The summed E-state index contributed by atoms with van der Waals surface area (Å²) in [6.45, 7) is 2.26. The molecular weight excluding hydrogens is 330 g/mol. The van der Waals surface area contributed by atoms with Crippen LogP contribution < -0.4 is 0 Å². The Hall–Kier alpha value is -1.74. The van der Waals surface area contributed by atoms with Crippen molar-refractivity contribution in [2.24, 2.45) is 5.92 Å². The fourth-order valence-electron chi connectivity index (χ4n) is 4.32. The Bertz CT molecular complexity index is 682. The molecule has 1 aliphatic carbocycles. The summed E-state index contributed by atoms with van der Waals surface area (Å²) in [5, 5.41) is 0. The molecule has 1 fully saturated rings. The summed E-state index contributed by atoms with van der Waals surface area (Å²) in [6, 6.07) is 12.0. The van der Waals surface area contributed by atoms with E-state index in [9.17, 15) is 8.78 Å². The van der Waals surface area contributed by atoms with Gasteiger partial charge in [0.15, 0.2) is 0 Å². The lowest BCUT2D eigenvalue weighted by Gasteiger charge is -2.29. The van der Waals surface area contributed by atoms with Gasteiger partial charge in [-0.1, -0.05) is 50.1 Å². The molecule has 0 radical (unpaired) electrons. The molecular formula is C23H28F2O. The van der Waals surface area contributed by atoms with Crippen LogP contribution in [0.25, 0.3) is 0 Å². The number of methoxy groups -OCH3 is 1. The number of rotatable bonds is 6. The van der Waals surface area contributed by atoms with Gasteiger partial charge in [-0.2, -0.15) is 0 Å². The zero-order valence-electron chi connectivity index (χ0n) is 15.7. The minimum Gasteiger partial charge on any atom is -0.372 e. The first-order valence-corrected chi connectivity index (χ1v) is 9.70. The fourth-order valence-corrected chi connectivity index (χ4v) is 4.32. The fraction of sp³-hybridized carbons (Fsp3) is 0.478. The Labute approximate surface area is 155 Å². The largest absolute Gasteiger partial charge is 0.372 e. The van der Waals surface area contributed by atoms with Gasteiger partial charge in [-0.25, -0.2) is 8.78 Å². The van der Waals surface area contributed by atoms with E-state index in [1.54, 1.807) is 0 Å². The average Bonchev–Trinajstić information content (AvgIpc) is 2.66. The molecule has 0 aliphatic heterocycles. The van der Waals surface area contributed by atoms with Crippen LogP contribution in [-0.2, 0) is 4.74 Å². The van der Waals surface area contributed by atoms with E-state index in [-0.39, 0.29) is 5.56 Å². The summed E-state index contributed by atoms with van der Waals surface area (Å²) >= 11 is 0. The van der Waals surface area contributed by atoms with Crippen LogP contribution >= 0.6 is 0 Å². The highest BCUT2D eigenvalue weighted by molar-refractivity contribution is 5.35. The van der Waals surface area contributed by atoms with Crippen molar-refractivity contribution in [2.45, 2.75) is 57.5 Å². The van der Waals surface area contributed by atoms with Gasteiger partial charge >= 0.3 is 0 Å². The van der Waals surface area contributed by atoms with E-state index in [1.165, 1.54) is 69.4 Å². The summed E-state index contributed by atoms with van der Waals surface area (Å²) in [4.78, 5) is 0. The summed E-state index contributed by atoms with van der Waals surface area (Å²) < 4.78 is 33.7. The van der Waals surface area contributed by atoms with Crippen molar-refractivity contribution in [3.63, 3.8) is 0 Å². The van der Waals surface area contributed by atoms with Gasteiger partial charge < -0.3 is 4.74 Å². The molecule has 3 rings (SSSR count). The monoisotopic (exact) mass is 358 g/mol. The molecule has 1 aliphatic rings. The molecule has 3 heteroatoms. The lowest BCUT2D eigenvalue weighted by molar-refractivity contribution is 0.129. The second-order valence-electron chi connectivity index (χ2n) is 7.42. The zero-order chi connectivity index (χ0) is 18.5. The van der Waals surface area contributed by atoms with Crippen molar-refractivity contribution < 1.29 is 13.5 Å². The van der Waals surface area contributed by atoms with Gasteiger partial charge in [-0.15, -0.1) is 0 Å². The van der Waals surface area contributed by atoms with Gasteiger partial charge in [0.25, 0.3) is 0 Å². The second kappa shape index (κ2) is 8.77. The van der Waals surface area contributed by atoms with Crippen molar-refractivity contribution in [2.75, 3.05) is 7.11 Å². The first kappa shape index (κ1) is 19.0. The molecule has 0 N–H and O–H groups in total. The van der Waals surface area contributed by atoms with Gasteiger partial charge in [0.1, 0.15) is 17.7 Å². The molecule has 0 heterocycles. The van der Waals surface area contributed by atoms with E-state index >= 15 is 0 Å². The topological polar surface area (TPSA) is 9.23 Å². The van der Waals surface area contributed by atoms with Crippen LogP contribution in [0, 0.1) is 17.6 Å². The van der Waals surface area contributed by atoms with Gasteiger partial charge in [-0.3, -0.25) is 0 Å². The van der Waals surface area contributed by atoms with E-state index in [1.807, 2.05) is 12.1 Å². The molecule has 1 atom stereocenters. The molecule has 0 saturated heterocycles. The van der Waals surface area contributed by atoms with Crippen LogP contribution in [0.2, 0.25) is 0 Å². The van der Waals surface area contributed by atoms with E-state index in [2.05, 4.69) is 19.1 Å². The summed E-state index contributed by atoms with van der Waals surface area (Å²) in [6.07, 6.45) is 6.97. The Balaban J connectivity index is 1.74. The molecule has 26 heavy (non-hydrogen) atoms. The van der Waals surface area contributed by atoms with Crippen LogP contribution in [0.15, 0.2) is 42.5 Å². The SMILES string of the molecule is CCC[C@H]1CC[C@H](c2ccc(C(OC)c3c(F)cccc3F)cc2)CC1.